The zero-order valence-electron chi connectivity index (χ0n) is 13.3. The van der Waals surface area contributed by atoms with E-state index in [1.165, 1.54) is 0 Å². The minimum absolute atomic E-state index is 0.492. The first-order valence-corrected chi connectivity index (χ1v) is 7.53. The van der Waals surface area contributed by atoms with Crippen molar-refractivity contribution >= 4 is 17.8 Å². The first-order chi connectivity index (χ1) is 11.8. The number of anilines is 3. The molecule has 0 spiro atoms. The van der Waals surface area contributed by atoms with Crippen molar-refractivity contribution in [2.75, 3.05) is 23.0 Å². The lowest BCUT2D eigenvalue weighted by molar-refractivity contribution is 0.974. The van der Waals surface area contributed by atoms with Gasteiger partial charge in [0.1, 0.15) is 0 Å². The third-order valence-corrected chi connectivity index (χ3v) is 3.21. The maximum atomic E-state index is 4.39. The number of aromatic nitrogens is 5. The van der Waals surface area contributed by atoms with E-state index in [2.05, 4.69) is 40.9 Å². The van der Waals surface area contributed by atoms with Crippen LogP contribution in [0, 0.1) is 0 Å². The average Bonchev–Trinajstić information content (AvgIpc) is 2.66. The summed E-state index contributed by atoms with van der Waals surface area (Å²) in [7, 11) is 1.77. The van der Waals surface area contributed by atoms with Gasteiger partial charge in [-0.15, -0.1) is 0 Å². The number of hydrogen-bond acceptors (Lipinski definition) is 8. The van der Waals surface area contributed by atoms with E-state index in [4.69, 9.17) is 0 Å². The van der Waals surface area contributed by atoms with Crippen LogP contribution >= 0.6 is 0 Å². The van der Waals surface area contributed by atoms with Crippen LogP contribution in [0.4, 0.5) is 17.8 Å². The molecule has 24 heavy (non-hydrogen) atoms. The van der Waals surface area contributed by atoms with Gasteiger partial charge in [-0.05, 0) is 23.3 Å². The molecule has 0 fully saturated rings. The maximum Gasteiger partial charge on any atom is 0.229 e. The van der Waals surface area contributed by atoms with Gasteiger partial charge in [-0.2, -0.15) is 15.0 Å². The molecule has 3 N–H and O–H groups in total. The molecule has 0 aliphatic heterocycles. The minimum Gasteiger partial charge on any atom is -0.357 e. The molecule has 0 amide bonds. The molecule has 0 aromatic carbocycles. The van der Waals surface area contributed by atoms with Crippen LogP contribution in [0.25, 0.3) is 0 Å². The fourth-order valence-corrected chi connectivity index (χ4v) is 2.01. The number of nitrogens with one attached hydrogen (secondary N) is 3. The van der Waals surface area contributed by atoms with Crippen LogP contribution in [0.1, 0.15) is 11.1 Å². The molecule has 0 atom stereocenters. The normalized spacial score (nSPS) is 10.2. The monoisotopic (exact) mass is 322 g/mol. The van der Waals surface area contributed by atoms with Crippen molar-refractivity contribution in [1.29, 1.82) is 0 Å². The highest BCUT2D eigenvalue weighted by molar-refractivity contribution is 5.42. The maximum absolute atomic E-state index is 4.39. The molecule has 3 aromatic rings. The van der Waals surface area contributed by atoms with Crippen molar-refractivity contribution in [1.82, 2.24) is 24.9 Å². The smallest absolute Gasteiger partial charge is 0.229 e. The Balaban J connectivity index is 1.68. The quantitative estimate of drug-likeness (QED) is 0.606. The van der Waals surface area contributed by atoms with Crippen molar-refractivity contribution in [2.45, 2.75) is 13.1 Å². The fourth-order valence-electron chi connectivity index (χ4n) is 2.01. The van der Waals surface area contributed by atoms with Crippen LogP contribution in [0.3, 0.4) is 0 Å². The van der Waals surface area contributed by atoms with Gasteiger partial charge in [-0.1, -0.05) is 12.1 Å². The van der Waals surface area contributed by atoms with Gasteiger partial charge in [-0.25, -0.2) is 0 Å². The Hall–Kier alpha value is -3.29. The molecule has 0 aliphatic carbocycles. The van der Waals surface area contributed by atoms with Gasteiger partial charge in [0, 0.05) is 44.9 Å². The summed E-state index contributed by atoms with van der Waals surface area (Å²) in [5, 5.41) is 9.30. The number of nitrogens with zero attached hydrogens (tertiary/aromatic N) is 5. The molecule has 8 heteroatoms. The number of hydrogen-bond donors (Lipinski definition) is 3. The highest BCUT2D eigenvalue weighted by Crippen LogP contribution is 2.11. The summed E-state index contributed by atoms with van der Waals surface area (Å²) in [4.78, 5) is 21.2. The van der Waals surface area contributed by atoms with Gasteiger partial charge < -0.3 is 16.0 Å². The summed E-state index contributed by atoms with van der Waals surface area (Å²) in [6.07, 6.45) is 7.08. The van der Waals surface area contributed by atoms with E-state index in [0.717, 1.165) is 11.1 Å². The second-order valence-electron chi connectivity index (χ2n) is 4.99. The summed E-state index contributed by atoms with van der Waals surface area (Å²) in [5.74, 6) is 1.48. The molecule has 3 rings (SSSR count). The average molecular weight is 322 g/mol. The zero-order chi connectivity index (χ0) is 16.6. The second kappa shape index (κ2) is 7.82. The standard InChI is InChI=1S/C16H18N8/c1-17-14-22-15(20-10-12-4-2-6-18-8-12)24-16(23-14)21-11-13-5-3-7-19-9-13/h2-9H,10-11H2,1H3,(H3,17,20,21,22,23,24). The van der Waals surface area contributed by atoms with E-state index in [-0.39, 0.29) is 0 Å². The molecule has 8 nitrogen and oxygen atoms in total. The minimum atomic E-state index is 0.492. The van der Waals surface area contributed by atoms with E-state index < -0.39 is 0 Å². The molecule has 3 aromatic heterocycles. The van der Waals surface area contributed by atoms with Crippen LogP contribution in [0.5, 0.6) is 0 Å². The third-order valence-electron chi connectivity index (χ3n) is 3.21. The molecule has 0 bridgehead atoms. The Morgan fingerprint density at radius 1 is 0.750 bits per heavy atom. The first-order valence-electron chi connectivity index (χ1n) is 7.53. The predicted octanol–water partition coefficient (Wildman–Crippen LogP) is 1.93. The van der Waals surface area contributed by atoms with Crippen molar-refractivity contribution < 1.29 is 0 Å². The third kappa shape index (κ3) is 4.35. The predicted molar refractivity (Wildman–Crippen MR) is 92.5 cm³/mol. The van der Waals surface area contributed by atoms with Crippen molar-refractivity contribution in [2.24, 2.45) is 0 Å². The zero-order valence-corrected chi connectivity index (χ0v) is 13.3. The van der Waals surface area contributed by atoms with Crippen molar-refractivity contribution in [3.05, 3.63) is 60.2 Å². The molecule has 0 saturated carbocycles. The molecule has 3 heterocycles. The van der Waals surface area contributed by atoms with E-state index in [9.17, 15) is 0 Å². The molecule has 0 aliphatic rings. The summed E-state index contributed by atoms with van der Waals surface area (Å²) < 4.78 is 0. The van der Waals surface area contributed by atoms with Gasteiger partial charge in [0.25, 0.3) is 0 Å². The van der Waals surface area contributed by atoms with Gasteiger partial charge in [0.05, 0.1) is 0 Å². The van der Waals surface area contributed by atoms with E-state index >= 15 is 0 Å². The summed E-state index contributed by atoms with van der Waals surface area (Å²) >= 11 is 0. The Morgan fingerprint density at radius 3 is 1.67 bits per heavy atom. The highest BCUT2D eigenvalue weighted by Gasteiger charge is 2.05. The van der Waals surface area contributed by atoms with E-state index in [0.29, 0.717) is 30.9 Å². The summed E-state index contributed by atoms with van der Waals surface area (Å²) in [6, 6.07) is 7.76. The lowest BCUT2D eigenvalue weighted by Crippen LogP contribution is -2.11. The lowest BCUT2D eigenvalue weighted by atomic mass is 10.3. The Bertz CT molecular complexity index is 702. The number of rotatable bonds is 7. The molecule has 0 unspecified atom stereocenters. The van der Waals surface area contributed by atoms with Crippen molar-refractivity contribution in [3.8, 4) is 0 Å². The van der Waals surface area contributed by atoms with E-state index in [1.807, 2.05) is 24.3 Å². The highest BCUT2D eigenvalue weighted by atomic mass is 15.3. The summed E-state index contributed by atoms with van der Waals surface area (Å²) in [6.45, 7) is 1.17. The topological polar surface area (TPSA) is 101 Å². The molecule has 0 saturated heterocycles. The van der Waals surface area contributed by atoms with E-state index in [1.54, 1.807) is 31.8 Å². The Kier molecular flexibility index (Phi) is 5.08. The molecule has 122 valence electrons. The summed E-state index contributed by atoms with van der Waals surface area (Å²) in [5.41, 5.74) is 2.10. The van der Waals surface area contributed by atoms with Crippen LogP contribution < -0.4 is 16.0 Å². The van der Waals surface area contributed by atoms with Crippen LogP contribution in [0.15, 0.2) is 49.1 Å². The van der Waals surface area contributed by atoms with Crippen LogP contribution in [-0.4, -0.2) is 32.0 Å². The van der Waals surface area contributed by atoms with Gasteiger partial charge >= 0.3 is 0 Å². The van der Waals surface area contributed by atoms with Crippen LogP contribution in [-0.2, 0) is 13.1 Å². The second-order valence-corrected chi connectivity index (χ2v) is 4.99. The van der Waals surface area contributed by atoms with Gasteiger partial charge in [0.15, 0.2) is 0 Å². The number of pyridine rings is 2. The largest absolute Gasteiger partial charge is 0.357 e. The van der Waals surface area contributed by atoms with Gasteiger partial charge in [-0.3, -0.25) is 9.97 Å². The SMILES string of the molecule is CNc1nc(NCc2cccnc2)nc(NCc2cccnc2)n1. The Labute approximate surface area is 139 Å². The fraction of sp³-hybridized carbons (Fsp3) is 0.188. The molecular weight excluding hydrogens is 304 g/mol. The van der Waals surface area contributed by atoms with Gasteiger partial charge in [0.2, 0.25) is 17.8 Å². The van der Waals surface area contributed by atoms with Crippen molar-refractivity contribution in [3.63, 3.8) is 0 Å². The molecule has 0 radical (unpaired) electrons. The lowest BCUT2D eigenvalue weighted by Gasteiger charge is -2.10. The van der Waals surface area contributed by atoms with Crippen LogP contribution in [0.2, 0.25) is 0 Å². The molecular formula is C16H18N8. The first kappa shape index (κ1) is 15.6. The Morgan fingerprint density at radius 2 is 1.25 bits per heavy atom.